The normalized spacial score (nSPS) is 12.2. The van der Waals surface area contributed by atoms with Gasteiger partial charge in [0.1, 0.15) is 14.3 Å². The first kappa shape index (κ1) is 32.2. The maximum Gasteiger partial charge on any atom is 0.109 e. The molecule has 0 atom stereocenters. The first-order valence-corrected chi connectivity index (χ1v) is 22.2. The lowest BCUT2D eigenvalue weighted by Gasteiger charge is -2.18. The fourth-order valence-corrected chi connectivity index (χ4v) is 9.09. The molecule has 8 aromatic rings. The second-order valence-electron chi connectivity index (χ2n) is 13.9. The van der Waals surface area contributed by atoms with Crippen LogP contribution in [0.5, 0.6) is 0 Å². The second-order valence-corrected chi connectivity index (χ2v) is 20.4. The molecule has 0 bridgehead atoms. The zero-order valence-electron chi connectivity index (χ0n) is 28.7. The van der Waals surface area contributed by atoms with Gasteiger partial charge in [-0.25, -0.2) is 0 Å². The summed E-state index contributed by atoms with van der Waals surface area (Å²) in [5, 5.41) is 9.00. The summed E-state index contributed by atoms with van der Waals surface area (Å²) in [6.07, 6.45) is 0. The van der Waals surface area contributed by atoms with Crippen molar-refractivity contribution >= 4 is 57.2 Å². The van der Waals surface area contributed by atoms with E-state index in [1.165, 1.54) is 65.7 Å². The highest BCUT2D eigenvalue weighted by atomic mass is 31.2. The fraction of sp³-hybridized carbons (Fsp3) is 0.0870. The van der Waals surface area contributed by atoms with Gasteiger partial charge in [-0.15, -0.1) is 0 Å². The van der Waals surface area contributed by atoms with Crippen molar-refractivity contribution in [3.63, 3.8) is 0 Å². The van der Waals surface area contributed by atoms with Gasteiger partial charge >= 0.3 is 0 Å². The highest BCUT2D eigenvalue weighted by Gasteiger charge is 2.18. The van der Waals surface area contributed by atoms with Gasteiger partial charge in [0.2, 0.25) is 0 Å². The van der Waals surface area contributed by atoms with Crippen molar-refractivity contribution in [1.29, 1.82) is 0 Å². The van der Waals surface area contributed by atoms with Crippen molar-refractivity contribution in [2.45, 2.75) is 0 Å². The molecule has 0 aromatic heterocycles. The molecule has 0 amide bonds. The van der Waals surface area contributed by atoms with Crippen molar-refractivity contribution in [3.8, 4) is 44.5 Å². The Morgan fingerprint density at radius 2 is 0.560 bits per heavy atom. The Labute approximate surface area is 294 Å². The topological polar surface area (TPSA) is 34.1 Å². The molecule has 2 nitrogen and oxygen atoms in total. The van der Waals surface area contributed by atoms with E-state index in [0.29, 0.717) is 0 Å². The van der Waals surface area contributed by atoms with E-state index in [-0.39, 0.29) is 0 Å². The molecule has 0 spiro atoms. The molecule has 0 aliphatic carbocycles. The van der Waals surface area contributed by atoms with Crippen molar-refractivity contribution in [1.82, 2.24) is 0 Å². The van der Waals surface area contributed by atoms with Gasteiger partial charge in [-0.1, -0.05) is 158 Å². The molecular formula is C46H38O2P2. The summed E-state index contributed by atoms with van der Waals surface area (Å²) in [5.74, 6) is 0. The van der Waals surface area contributed by atoms with Gasteiger partial charge in [0.25, 0.3) is 0 Å². The highest BCUT2D eigenvalue weighted by Crippen LogP contribution is 2.45. The third-order valence-corrected chi connectivity index (χ3v) is 13.0. The van der Waals surface area contributed by atoms with Crippen LogP contribution in [0.3, 0.4) is 0 Å². The summed E-state index contributed by atoms with van der Waals surface area (Å²) >= 11 is 0. The first-order valence-electron chi connectivity index (χ1n) is 17.0. The molecule has 8 rings (SSSR count). The van der Waals surface area contributed by atoms with E-state index in [4.69, 9.17) is 0 Å². The number of hydrogen-bond donors (Lipinski definition) is 0. The molecular weight excluding hydrogens is 646 g/mol. The van der Waals surface area contributed by atoms with Crippen LogP contribution in [0.15, 0.2) is 158 Å². The molecule has 0 N–H and O–H groups in total. The molecule has 244 valence electrons. The number of fused-ring (bicyclic) bond motifs is 3. The third kappa shape index (κ3) is 5.74. The van der Waals surface area contributed by atoms with E-state index in [2.05, 4.69) is 133 Å². The molecule has 0 saturated heterocycles. The van der Waals surface area contributed by atoms with E-state index >= 15 is 0 Å². The Bertz CT molecular complexity index is 2600. The van der Waals surface area contributed by atoms with E-state index in [9.17, 15) is 9.13 Å². The lowest BCUT2D eigenvalue weighted by molar-refractivity contribution is 0.587. The smallest absolute Gasteiger partial charge is 0.109 e. The number of benzene rings is 8. The van der Waals surface area contributed by atoms with Crippen LogP contribution in [-0.2, 0) is 9.13 Å². The summed E-state index contributed by atoms with van der Waals surface area (Å²) in [7, 11) is -4.66. The van der Waals surface area contributed by atoms with Crippen molar-refractivity contribution in [3.05, 3.63) is 158 Å². The van der Waals surface area contributed by atoms with E-state index < -0.39 is 14.3 Å². The minimum Gasteiger partial charge on any atom is -0.319 e. The molecule has 0 heterocycles. The average molecular weight is 685 g/mol. The standard InChI is InChI=1S/C46H38O2P2/c1-49(2,47)35-25-21-32(22-26-35)38-30-29-37(39-11-5-6-12-40(38)39)31-17-19-33(20-18-31)45-41-13-7-9-15-43(41)46(44-16-10-8-14-42(44)45)34-23-27-36(28-24-34)50(3,4)48/h5-30H,1-4H3. The van der Waals surface area contributed by atoms with Gasteiger partial charge in [0.05, 0.1) is 0 Å². The molecule has 0 saturated carbocycles. The summed E-state index contributed by atoms with van der Waals surface area (Å²) in [6.45, 7) is 7.28. The molecule has 0 unspecified atom stereocenters. The Kier molecular flexibility index (Phi) is 7.99. The molecule has 4 heteroatoms. The monoisotopic (exact) mass is 684 g/mol. The first-order chi connectivity index (χ1) is 24.1. The fourth-order valence-electron chi connectivity index (χ4n) is 7.36. The molecule has 0 fully saturated rings. The second kappa shape index (κ2) is 12.4. The van der Waals surface area contributed by atoms with E-state index in [0.717, 1.165) is 21.7 Å². The summed E-state index contributed by atoms with van der Waals surface area (Å²) in [4.78, 5) is 0. The van der Waals surface area contributed by atoms with Crippen LogP contribution < -0.4 is 10.6 Å². The van der Waals surface area contributed by atoms with Gasteiger partial charge in [-0.3, -0.25) is 0 Å². The lowest BCUT2D eigenvalue weighted by Crippen LogP contribution is -2.01. The van der Waals surface area contributed by atoms with Crippen LogP contribution in [0.4, 0.5) is 0 Å². The van der Waals surface area contributed by atoms with Crippen molar-refractivity contribution in [2.24, 2.45) is 0 Å². The van der Waals surface area contributed by atoms with Crippen LogP contribution in [0, 0.1) is 0 Å². The third-order valence-electron chi connectivity index (χ3n) is 9.92. The molecule has 50 heavy (non-hydrogen) atoms. The minimum absolute atomic E-state index is 0.897. The Balaban J connectivity index is 1.24. The van der Waals surface area contributed by atoms with Gasteiger partial charge in [0, 0.05) is 10.6 Å². The average Bonchev–Trinajstić information content (AvgIpc) is 3.13. The largest absolute Gasteiger partial charge is 0.319 e. The number of hydrogen-bond acceptors (Lipinski definition) is 2. The Morgan fingerprint density at radius 1 is 0.300 bits per heavy atom. The molecule has 0 aliphatic heterocycles. The van der Waals surface area contributed by atoms with Gasteiger partial charge in [0.15, 0.2) is 0 Å². The van der Waals surface area contributed by atoms with Crippen LogP contribution >= 0.6 is 14.3 Å². The van der Waals surface area contributed by atoms with Crippen molar-refractivity contribution in [2.75, 3.05) is 26.7 Å². The van der Waals surface area contributed by atoms with Gasteiger partial charge in [-0.2, -0.15) is 0 Å². The quantitative estimate of drug-likeness (QED) is 0.129. The summed E-state index contributed by atoms with van der Waals surface area (Å²) < 4.78 is 25.4. The number of rotatable bonds is 6. The zero-order valence-corrected chi connectivity index (χ0v) is 30.5. The van der Waals surface area contributed by atoms with E-state index in [1.807, 2.05) is 50.9 Å². The SMILES string of the molecule is CP(C)(=O)c1ccc(-c2ccc(-c3ccc(-c4c5ccccc5c(-c5ccc(P(C)(C)=O)cc5)c5ccccc45)cc3)c3ccccc23)cc1. The minimum atomic E-state index is -2.35. The molecule has 0 radical (unpaired) electrons. The van der Waals surface area contributed by atoms with Gasteiger partial charge in [-0.05, 0) is 103 Å². The zero-order chi connectivity index (χ0) is 34.6. The van der Waals surface area contributed by atoms with Crippen LogP contribution in [0.2, 0.25) is 0 Å². The maximum atomic E-state index is 12.8. The Hall–Kier alpha value is -5.00. The van der Waals surface area contributed by atoms with Gasteiger partial charge < -0.3 is 9.13 Å². The Morgan fingerprint density at radius 3 is 0.880 bits per heavy atom. The maximum absolute atomic E-state index is 12.8. The highest BCUT2D eigenvalue weighted by molar-refractivity contribution is 7.70. The predicted molar refractivity (Wildman–Crippen MR) is 219 cm³/mol. The van der Waals surface area contributed by atoms with Crippen LogP contribution in [0.25, 0.3) is 76.8 Å². The molecule has 0 aliphatic rings. The van der Waals surface area contributed by atoms with Crippen LogP contribution in [0.1, 0.15) is 0 Å². The van der Waals surface area contributed by atoms with E-state index in [1.54, 1.807) is 0 Å². The predicted octanol–water partition coefficient (Wildman–Crippen LogP) is 12.3. The lowest BCUT2D eigenvalue weighted by atomic mass is 9.85. The molecule has 8 aromatic carbocycles. The van der Waals surface area contributed by atoms with Crippen LogP contribution in [-0.4, -0.2) is 26.7 Å². The summed E-state index contributed by atoms with van der Waals surface area (Å²) in [5.41, 5.74) is 9.36. The van der Waals surface area contributed by atoms with Crippen molar-refractivity contribution < 1.29 is 9.13 Å². The summed E-state index contributed by atoms with van der Waals surface area (Å²) in [6, 6.07) is 55.9.